The third-order valence-corrected chi connectivity index (χ3v) is 6.57. The van der Waals surface area contributed by atoms with Crippen LogP contribution in [0.15, 0.2) is 46.7 Å². The molecule has 3 rings (SSSR count). The maximum atomic E-state index is 12.9. The van der Waals surface area contributed by atoms with Crippen molar-refractivity contribution in [2.24, 2.45) is 5.14 Å². The summed E-state index contributed by atoms with van der Waals surface area (Å²) < 4.78 is 23.3. The first-order valence-electron chi connectivity index (χ1n) is 7.76. The number of amides is 1. The number of hydrogen-bond donors (Lipinski definition) is 1. The molecule has 0 bridgehead atoms. The number of nitrogens with zero attached hydrogens (tertiary/aromatic N) is 1. The molecular formula is C17H20N2O3S2. The number of primary sulfonamides is 1. The fraction of sp³-hybridized carbons (Fsp3) is 0.353. The van der Waals surface area contributed by atoms with Crippen LogP contribution in [0.25, 0.3) is 0 Å². The lowest BCUT2D eigenvalue weighted by Crippen LogP contribution is -2.47. The standard InChI is InChI=1S/C17H20N2O3S2/c1-17(13-6-3-2-4-7-13)9-5-10-19(12-17)16(20)15-14(8-11-23-15)24(18,21)22/h2-4,6-8,11H,5,9-10,12H2,1H3,(H2,18,21,22)/t17-/m1/s1. The Balaban J connectivity index is 1.88. The highest BCUT2D eigenvalue weighted by atomic mass is 32.2. The molecule has 5 nitrogen and oxygen atoms in total. The van der Waals surface area contributed by atoms with Gasteiger partial charge in [0.2, 0.25) is 10.0 Å². The first-order valence-corrected chi connectivity index (χ1v) is 10.2. The lowest BCUT2D eigenvalue weighted by atomic mass is 9.76. The molecule has 2 heterocycles. The topological polar surface area (TPSA) is 80.5 Å². The van der Waals surface area contributed by atoms with E-state index < -0.39 is 10.0 Å². The van der Waals surface area contributed by atoms with E-state index in [2.05, 4.69) is 19.1 Å². The van der Waals surface area contributed by atoms with Gasteiger partial charge in [-0.05, 0) is 29.9 Å². The van der Waals surface area contributed by atoms with Gasteiger partial charge >= 0.3 is 0 Å². The largest absolute Gasteiger partial charge is 0.337 e. The second-order valence-corrected chi connectivity index (χ2v) is 8.86. The molecule has 0 saturated carbocycles. The Kier molecular flexibility index (Phi) is 4.50. The molecule has 0 spiro atoms. The molecule has 0 unspecified atom stereocenters. The Labute approximate surface area is 146 Å². The Morgan fingerprint density at radius 1 is 1.25 bits per heavy atom. The fourth-order valence-electron chi connectivity index (χ4n) is 3.31. The third-order valence-electron chi connectivity index (χ3n) is 4.58. The van der Waals surface area contributed by atoms with Crippen LogP contribution in [0.2, 0.25) is 0 Å². The summed E-state index contributed by atoms with van der Waals surface area (Å²) in [6.45, 7) is 3.35. The minimum Gasteiger partial charge on any atom is -0.337 e. The van der Waals surface area contributed by atoms with Crippen LogP contribution in [-0.4, -0.2) is 32.3 Å². The lowest BCUT2D eigenvalue weighted by molar-refractivity contribution is 0.0652. The van der Waals surface area contributed by atoms with E-state index in [9.17, 15) is 13.2 Å². The number of piperidine rings is 1. The van der Waals surface area contributed by atoms with Gasteiger partial charge in [-0.15, -0.1) is 11.3 Å². The normalized spacial score (nSPS) is 21.7. The van der Waals surface area contributed by atoms with Crippen LogP contribution in [0.3, 0.4) is 0 Å². The Morgan fingerprint density at radius 3 is 2.62 bits per heavy atom. The van der Waals surface area contributed by atoms with Crippen molar-refractivity contribution in [3.05, 3.63) is 52.2 Å². The van der Waals surface area contributed by atoms with E-state index in [1.165, 1.54) is 11.6 Å². The summed E-state index contributed by atoms with van der Waals surface area (Å²) in [6.07, 6.45) is 1.88. The smallest absolute Gasteiger partial charge is 0.265 e. The van der Waals surface area contributed by atoms with Gasteiger partial charge in [-0.2, -0.15) is 0 Å². The highest BCUT2D eigenvalue weighted by Crippen LogP contribution is 2.35. The summed E-state index contributed by atoms with van der Waals surface area (Å²) >= 11 is 1.12. The van der Waals surface area contributed by atoms with Crippen molar-refractivity contribution < 1.29 is 13.2 Å². The molecule has 2 aromatic rings. The van der Waals surface area contributed by atoms with E-state index in [4.69, 9.17) is 5.14 Å². The minimum absolute atomic E-state index is 0.0792. The number of benzene rings is 1. The van der Waals surface area contributed by atoms with Crippen molar-refractivity contribution in [3.63, 3.8) is 0 Å². The van der Waals surface area contributed by atoms with Gasteiger partial charge in [-0.1, -0.05) is 37.3 Å². The average molecular weight is 364 g/mol. The monoisotopic (exact) mass is 364 g/mol. The molecule has 128 valence electrons. The van der Waals surface area contributed by atoms with E-state index in [0.717, 1.165) is 24.2 Å². The predicted molar refractivity (Wildman–Crippen MR) is 94.6 cm³/mol. The van der Waals surface area contributed by atoms with Crippen molar-refractivity contribution in [2.75, 3.05) is 13.1 Å². The maximum Gasteiger partial charge on any atom is 0.265 e. The summed E-state index contributed by atoms with van der Waals surface area (Å²) in [6, 6.07) is 11.5. The molecule has 2 N–H and O–H groups in total. The minimum atomic E-state index is -3.89. The fourth-order valence-corrected chi connectivity index (χ4v) is 5.25. The van der Waals surface area contributed by atoms with Crippen molar-refractivity contribution in [1.82, 2.24) is 4.90 Å². The second-order valence-electron chi connectivity index (χ2n) is 6.42. The van der Waals surface area contributed by atoms with Crippen LogP contribution in [0, 0.1) is 0 Å². The Morgan fingerprint density at radius 2 is 1.96 bits per heavy atom. The Bertz CT molecular complexity index is 846. The molecule has 1 fully saturated rings. The molecule has 1 atom stereocenters. The first kappa shape index (κ1) is 17.1. The van der Waals surface area contributed by atoms with Crippen LogP contribution in [-0.2, 0) is 15.4 Å². The van der Waals surface area contributed by atoms with Gasteiger partial charge in [0.25, 0.3) is 5.91 Å². The van der Waals surface area contributed by atoms with Gasteiger partial charge in [0.1, 0.15) is 9.77 Å². The van der Waals surface area contributed by atoms with Crippen molar-refractivity contribution in [1.29, 1.82) is 0 Å². The number of rotatable bonds is 3. The second kappa shape index (κ2) is 6.31. The van der Waals surface area contributed by atoms with Crippen molar-refractivity contribution >= 4 is 27.3 Å². The van der Waals surface area contributed by atoms with E-state index in [1.54, 1.807) is 10.3 Å². The predicted octanol–water partition coefficient (Wildman–Crippen LogP) is 2.59. The molecule has 7 heteroatoms. The number of carbonyl (C=O) groups excluding carboxylic acids is 1. The van der Waals surface area contributed by atoms with E-state index in [-0.39, 0.29) is 21.1 Å². The number of sulfonamides is 1. The number of hydrogen-bond acceptors (Lipinski definition) is 4. The number of thiophene rings is 1. The summed E-state index contributed by atoms with van der Waals surface area (Å²) in [4.78, 5) is 14.7. The molecular weight excluding hydrogens is 344 g/mol. The molecule has 0 radical (unpaired) electrons. The zero-order valence-electron chi connectivity index (χ0n) is 13.4. The highest BCUT2D eigenvalue weighted by molar-refractivity contribution is 7.89. The van der Waals surface area contributed by atoms with Crippen molar-refractivity contribution in [3.8, 4) is 0 Å². The SMILES string of the molecule is C[C@@]1(c2ccccc2)CCCN(C(=O)c2sccc2S(N)(=O)=O)C1. The van der Waals surface area contributed by atoms with Gasteiger partial charge in [0.05, 0.1) is 0 Å². The summed E-state index contributed by atoms with van der Waals surface area (Å²) in [7, 11) is -3.89. The Hall–Kier alpha value is -1.70. The van der Waals surface area contributed by atoms with Crippen LogP contribution in [0.5, 0.6) is 0 Å². The quantitative estimate of drug-likeness (QED) is 0.909. The number of likely N-dealkylation sites (tertiary alicyclic amines) is 1. The molecule has 24 heavy (non-hydrogen) atoms. The van der Waals surface area contributed by atoms with Gasteiger partial charge < -0.3 is 4.90 Å². The third kappa shape index (κ3) is 3.24. The zero-order valence-corrected chi connectivity index (χ0v) is 15.1. The maximum absolute atomic E-state index is 12.9. The van der Waals surface area contributed by atoms with Gasteiger partial charge in [-0.25, -0.2) is 13.6 Å². The summed E-state index contributed by atoms with van der Waals surface area (Å²) in [5, 5.41) is 6.81. The molecule has 1 aliphatic rings. The number of nitrogens with two attached hydrogens (primary N) is 1. The van der Waals surface area contributed by atoms with Crippen LogP contribution >= 0.6 is 11.3 Å². The molecule has 1 aromatic heterocycles. The van der Waals surface area contributed by atoms with Crippen molar-refractivity contribution in [2.45, 2.75) is 30.1 Å². The number of carbonyl (C=O) groups is 1. The van der Waals surface area contributed by atoms with Crippen LogP contribution < -0.4 is 5.14 Å². The van der Waals surface area contributed by atoms with E-state index in [1.807, 2.05) is 18.2 Å². The zero-order chi connectivity index (χ0) is 17.4. The van der Waals surface area contributed by atoms with Crippen LogP contribution in [0.1, 0.15) is 35.0 Å². The van der Waals surface area contributed by atoms with Gasteiger partial charge in [-0.3, -0.25) is 4.79 Å². The molecule has 1 saturated heterocycles. The summed E-state index contributed by atoms with van der Waals surface area (Å²) in [5.74, 6) is -0.254. The molecule has 1 aromatic carbocycles. The van der Waals surface area contributed by atoms with E-state index in [0.29, 0.717) is 13.1 Å². The first-order chi connectivity index (χ1) is 11.3. The average Bonchev–Trinajstić information content (AvgIpc) is 3.05. The highest BCUT2D eigenvalue weighted by Gasteiger charge is 2.36. The molecule has 1 aliphatic heterocycles. The lowest BCUT2D eigenvalue weighted by Gasteiger charge is -2.41. The van der Waals surface area contributed by atoms with Crippen LogP contribution in [0.4, 0.5) is 0 Å². The molecule has 1 amide bonds. The summed E-state index contributed by atoms with van der Waals surface area (Å²) in [5.41, 5.74) is 1.06. The van der Waals surface area contributed by atoms with E-state index >= 15 is 0 Å². The van der Waals surface area contributed by atoms with Gasteiger partial charge in [0.15, 0.2) is 0 Å². The van der Waals surface area contributed by atoms with Gasteiger partial charge in [0, 0.05) is 18.5 Å². The molecule has 0 aliphatic carbocycles.